The predicted molar refractivity (Wildman–Crippen MR) is 94.1 cm³/mol. The highest BCUT2D eigenvalue weighted by Gasteiger charge is 2.28. The number of rotatable bonds is 5. The fourth-order valence-electron chi connectivity index (χ4n) is 3.29. The molecule has 1 aliphatic heterocycles. The van der Waals surface area contributed by atoms with Crippen LogP contribution in [0.25, 0.3) is 11.2 Å². The number of imidazole rings is 1. The van der Waals surface area contributed by atoms with Gasteiger partial charge in [-0.25, -0.2) is 15.0 Å². The lowest BCUT2D eigenvalue weighted by atomic mass is 10.2. The standard InChI is InChI=1S/C18H21N5O2/c1-22(9-13-5-3-2-4-6-13)17-16-18(20-11-19-17)23(12-21-16)15-8-7-14(10-24)25-15/h2-6,11-12,14-15,24H,7-10H2,1H3/t14-,15+/m0/s1. The molecule has 1 N–H and O–H groups in total. The lowest BCUT2D eigenvalue weighted by Crippen LogP contribution is -2.18. The molecular formula is C18H21N5O2. The Morgan fingerprint density at radius 2 is 2.04 bits per heavy atom. The summed E-state index contributed by atoms with van der Waals surface area (Å²) in [6.07, 6.45) is 4.76. The highest BCUT2D eigenvalue weighted by molar-refractivity contribution is 5.83. The van der Waals surface area contributed by atoms with Crippen LogP contribution in [0.15, 0.2) is 43.0 Å². The maximum Gasteiger partial charge on any atom is 0.167 e. The summed E-state index contributed by atoms with van der Waals surface area (Å²) in [5, 5.41) is 9.27. The van der Waals surface area contributed by atoms with Crippen LogP contribution in [0, 0.1) is 0 Å². The van der Waals surface area contributed by atoms with Gasteiger partial charge in [0.2, 0.25) is 0 Å². The highest BCUT2D eigenvalue weighted by Crippen LogP contribution is 2.31. The van der Waals surface area contributed by atoms with E-state index in [1.165, 1.54) is 5.56 Å². The van der Waals surface area contributed by atoms with E-state index in [1.807, 2.05) is 29.8 Å². The molecule has 2 atom stereocenters. The second kappa shape index (κ2) is 6.78. The summed E-state index contributed by atoms with van der Waals surface area (Å²) in [5.41, 5.74) is 2.73. The second-order valence-corrected chi connectivity index (χ2v) is 6.34. The molecule has 4 rings (SSSR count). The van der Waals surface area contributed by atoms with Gasteiger partial charge in [0.25, 0.3) is 0 Å². The van der Waals surface area contributed by atoms with E-state index in [-0.39, 0.29) is 18.9 Å². The Kier molecular flexibility index (Phi) is 4.33. The number of aliphatic hydroxyl groups excluding tert-OH is 1. The van der Waals surface area contributed by atoms with Crippen LogP contribution in [-0.4, -0.2) is 44.4 Å². The van der Waals surface area contributed by atoms with Crippen molar-refractivity contribution in [3.8, 4) is 0 Å². The molecule has 0 unspecified atom stereocenters. The number of anilines is 1. The number of benzene rings is 1. The lowest BCUT2D eigenvalue weighted by molar-refractivity contribution is -0.0207. The minimum absolute atomic E-state index is 0.0448. The fraction of sp³-hybridized carbons (Fsp3) is 0.389. The van der Waals surface area contributed by atoms with Gasteiger partial charge in [-0.3, -0.25) is 4.57 Å². The Bertz CT molecular complexity index is 851. The molecule has 0 bridgehead atoms. The molecular weight excluding hydrogens is 318 g/mol. The van der Waals surface area contributed by atoms with Crippen LogP contribution >= 0.6 is 0 Å². The third-order valence-corrected chi connectivity index (χ3v) is 4.56. The zero-order chi connectivity index (χ0) is 17.2. The minimum Gasteiger partial charge on any atom is -0.394 e. The van der Waals surface area contributed by atoms with Crippen molar-refractivity contribution in [3.63, 3.8) is 0 Å². The average Bonchev–Trinajstić information content (AvgIpc) is 3.28. The van der Waals surface area contributed by atoms with E-state index in [9.17, 15) is 5.11 Å². The third kappa shape index (κ3) is 3.08. The molecule has 0 amide bonds. The molecule has 7 heteroatoms. The Balaban J connectivity index is 1.63. The van der Waals surface area contributed by atoms with E-state index >= 15 is 0 Å². The van der Waals surface area contributed by atoms with Crippen LogP contribution in [0.5, 0.6) is 0 Å². The van der Waals surface area contributed by atoms with Crippen LogP contribution < -0.4 is 4.90 Å². The molecule has 1 aromatic carbocycles. The second-order valence-electron chi connectivity index (χ2n) is 6.34. The number of fused-ring (bicyclic) bond motifs is 1. The third-order valence-electron chi connectivity index (χ3n) is 4.56. The van der Waals surface area contributed by atoms with Crippen molar-refractivity contribution in [1.82, 2.24) is 19.5 Å². The normalized spacial score (nSPS) is 20.2. The average molecular weight is 339 g/mol. The number of aliphatic hydroxyl groups is 1. The van der Waals surface area contributed by atoms with Crippen molar-refractivity contribution < 1.29 is 9.84 Å². The van der Waals surface area contributed by atoms with Gasteiger partial charge in [0, 0.05) is 13.6 Å². The number of ether oxygens (including phenoxy) is 1. The summed E-state index contributed by atoms with van der Waals surface area (Å²) in [7, 11) is 2.00. The number of aromatic nitrogens is 4. The predicted octanol–water partition coefficient (Wildman–Crippen LogP) is 2.13. The molecule has 0 spiro atoms. The van der Waals surface area contributed by atoms with Gasteiger partial charge < -0.3 is 14.7 Å². The first-order valence-corrected chi connectivity index (χ1v) is 8.45. The summed E-state index contributed by atoms with van der Waals surface area (Å²) in [6, 6.07) is 10.3. The molecule has 1 saturated heterocycles. The van der Waals surface area contributed by atoms with Crippen LogP contribution in [0.4, 0.5) is 5.82 Å². The van der Waals surface area contributed by atoms with Gasteiger partial charge in [-0.05, 0) is 18.4 Å². The Morgan fingerprint density at radius 3 is 2.80 bits per heavy atom. The molecule has 25 heavy (non-hydrogen) atoms. The first-order chi connectivity index (χ1) is 12.3. The zero-order valence-corrected chi connectivity index (χ0v) is 14.1. The van der Waals surface area contributed by atoms with Crippen LogP contribution in [0.1, 0.15) is 24.6 Å². The Morgan fingerprint density at radius 1 is 1.20 bits per heavy atom. The summed E-state index contributed by atoms with van der Waals surface area (Å²) in [5.74, 6) is 0.796. The van der Waals surface area contributed by atoms with E-state index in [0.717, 1.165) is 36.4 Å². The molecule has 0 saturated carbocycles. The van der Waals surface area contributed by atoms with Gasteiger partial charge in [0.1, 0.15) is 12.6 Å². The lowest BCUT2D eigenvalue weighted by Gasteiger charge is -2.18. The van der Waals surface area contributed by atoms with E-state index < -0.39 is 0 Å². The van der Waals surface area contributed by atoms with E-state index in [0.29, 0.717) is 0 Å². The quantitative estimate of drug-likeness (QED) is 0.767. The monoisotopic (exact) mass is 339 g/mol. The first kappa shape index (κ1) is 16.0. The Labute approximate surface area is 145 Å². The van der Waals surface area contributed by atoms with Crippen LogP contribution in [0.3, 0.4) is 0 Å². The molecule has 3 heterocycles. The maximum absolute atomic E-state index is 9.27. The molecule has 2 aromatic heterocycles. The van der Waals surface area contributed by atoms with E-state index in [4.69, 9.17) is 4.74 Å². The van der Waals surface area contributed by atoms with Crippen molar-refractivity contribution >= 4 is 17.0 Å². The molecule has 1 aliphatic rings. The van der Waals surface area contributed by atoms with Gasteiger partial charge in [-0.2, -0.15) is 0 Å². The molecule has 7 nitrogen and oxygen atoms in total. The van der Waals surface area contributed by atoms with E-state index in [1.54, 1.807) is 12.7 Å². The van der Waals surface area contributed by atoms with E-state index in [2.05, 4.69) is 32.0 Å². The fourth-order valence-corrected chi connectivity index (χ4v) is 3.29. The van der Waals surface area contributed by atoms with Gasteiger partial charge in [-0.1, -0.05) is 30.3 Å². The first-order valence-electron chi connectivity index (χ1n) is 8.45. The van der Waals surface area contributed by atoms with Gasteiger partial charge in [0.15, 0.2) is 17.0 Å². The zero-order valence-electron chi connectivity index (χ0n) is 14.1. The van der Waals surface area contributed by atoms with Crippen molar-refractivity contribution in [2.24, 2.45) is 0 Å². The topological polar surface area (TPSA) is 76.3 Å². The maximum atomic E-state index is 9.27. The molecule has 130 valence electrons. The van der Waals surface area contributed by atoms with Crippen molar-refractivity contribution in [1.29, 1.82) is 0 Å². The smallest absolute Gasteiger partial charge is 0.167 e. The number of hydrogen-bond acceptors (Lipinski definition) is 6. The molecule has 0 radical (unpaired) electrons. The van der Waals surface area contributed by atoms with Crippen molar-refractivity contribution in [2.45, 2.75) is 31.7 Å². The molecule has 1 fully saturated rings. The van der Waals surface area contributed by atoms with Crippen molar-refractivity contribution in [2.75, 3.05) is 18.6 Å². The number of nitrogens with zero attached hydrogens (tertiary/aromatic N) is 5. The van der Waals surface area contributed by atoms with Crippen LogP contribution in [-0.2, 0) is 11.3 Å². The van der Waals surface area contributed by atoms with Crippen LogP contribution in [0.2, 0.25) is 0 Å². The van der Waals surface area contributed by atoms with Crippen molar-refractivity contribution in [3.05, 3.63) is 48.5 Å². The SMILES string of the molecule is CN(Cc1ccccc1)c1ncnc2c1ncn2[C@H]1CC[C@@H](CO)O1. The summed E-state index contributed by atoms with van der Waals surface area (Å²) in [4.78, 5) is 15.4. The molecule has 3 aromatic rings. The molecule has 0 aliphatic carbocycles. The summed E-state index contributed by atoms with van der Waals surface area (Å²) < 4.78 is 7.80. The van der Waals surface area contributed by atoms with Gasteiger partial charge >= 0.3 is 0 Å². The van der Waals surface area contributed by atoms with Gasteiger partial charge in [-0.15, -0.1) is 0 Å². The highest BCUT2D eigenvalue weighted by atomic mass is 16.5. The Hall–Kier alpha value is -2.51. The largest absolute Gasteiger partial charge is 0.394 e. The minimum atomic E-state index is -0.135. The van der Waals surface area contributed by atoms with Gasteiger partial charge in [0.05, 0.1) is 19.0 Å². The summed E-state index contributed by atoms with van der Waals surface area (Å²) in [6.45, 7) is 0.787. The number of hydrogen-bond donors (Lipinski definition) is 1. The summed E-state index contributed by atoms with van der Waals surface area (Å²) >= 11 is 0.